The Morgan fingerprint density at radius 1 is 1.04 bits per heavy atom. The van der Waals surface area contributed by atoms with Crippen molar-refractivity contribution in [3.8, 4) is 12.1 Å². The van der Waals surface area contributed by atoms with Crippen molar-refractivity contribution in [2.75, 3.05) is 0 Å². The molecule has 1 aliphatic heterocycles. The van der Waals surface area contributed by atoms with Crippen LogP contribution in [0.5, 0.6) is 0 Å². The number of carbonyl (C=O) groups excluding carboxylic acids is 1. The van der Waals surface area contributed by atoms with Crippen molar-refractivity contribution in [3.63, 3.8) is 0 Å². The molecular formula is C19H13FN4O. The molecule has 0 saturated carbocycles. The first-order valence-electron chi connectivity index (χ1n) is 7.63. The molecule has 2 aromatic carbocycles. The van der Waals surface area contributed by atoms with Gasteiger partial charge in [-0.05, 0) is 23.3 Å². The highest BCUT2D eigenvalue weighted by Gasteiger charge is 2.42. The lowest BCUT2D eigenvalue weighted by molar-refractivity contribution is -0.122. The zero-order valence-corrected chi connectivity index (χ0v) is 13.1. The fourth-order valence-corrected chi connectivity index (χ4v) is 3.02. The van der Waals surface area contributed by atoms with E-state index in [4.69, 9.17) is 0 Å². The van der Waals surface area contributed by atoms with Gasteiger partial charge in [0.15, 0.2) is 0 Å². The maximum absolute atomic E-state index is 13.3. The quantitative estimate of drug-likeness (QED) is 0.933. The highest BCUT2D eigenvalue weighted by atomic mass is 19.1. The molecule has 2 aromatic rings. The number of benzene rings is 2. The Bertz CT molecular complexity index is 880. The second kappa shape index (κ2) is 6.94. The summed E-state index contributed by atoms with van der Waals surface area (Å²) in [6, 6.07) is 18.5. The maximum atomic E-state index is 13.3. The topological polar surface area (TPSA) is 89.0 Å². The van der Waals surface area contributed by atoms with Gasteiger partial charge < -0.3 is 0 Å². The molecule has 0 aliphatic carbocycles. The first-order chi connectivity index (χ1) is 12.2. The molecule has 2 atom stereocenters. The third-order valence-electron chi connectivity index (χ3n) is 4.18. The summed E-state index contributed by atoms with van der Waals surface area (Å²) in [4.78, 5) is 12.5. The zero-order chi connectivity index (χ0) is 17.8. The third-order valence-corrected chi connectivity index (χ3v) is 4.18. The van der Waals surface area contributed by atoms with E-state index in [9.17, 15) is 19.7 Å². The average Bonchev–Trinajstić information content (AvgIpc) is 3.02. The first-order valence-corrected chi connectivity index (χ1v) is 7.63. The number of hydrazone groups is 1. The van der Waals surface area contributed by atoms with Crippen LogP contribution in [0.15, 0.2) is 59.7 Å². The Morgan fingerprint density at radius 2 is 1.68 bits per heavy atom. The van der Waals surface area contributed by atoms with Crippen molar-refractivity contribution in [2.24, 2.45) is 16.9 Å². The molecule has 6 heteroatoms. The Kier molecular flexibility index (Phi) is 4.54. The summed E-state index contributed by atoms with van der Waals surface area (Å²) in [6.45, 7) is 0. The van der Waals surface area contributed by atoms with Crippen molar-refractivity contribution in [3.05, 3.63) is 71.5 Å². The number of rotatable bonds is 4. The Morgan fingerprint density at radius 3 is 2.28 bits per heavy atom. The second-order valence-electron chi connectivity index (χ2n) is 5.63. The number of nitrogens with one attached hydrogen (secondary N) is 1. The van der Waals surface area contributed by atoms with Gasteiger partial charge in [-0.15, -0.1) is 0 Å². The van der Waals surface area contributed by atoms with E-state index in [1.807, 2.05) is 42.5 Å². The van der Waals surface area contributed by atoms with Gasteiger partial charge in [-0.3, -0.25) is 4.79 Å². The van der Waals surface area contributed by atoms with Crippen molar-refractivity contribution >= 4 is 11.6 Å². The van der Waals surface area contributed by atoms with E-state index in [2.05, 4.69) is 10.5 Å². The average molecular weight is 332 g/mol. The highest BCUT2D eigenvalue weighted by molar-refractivity contribution is 6.16. The van der Waals surface area contributed by atoms with Gasteiger partial charge in [0.1, 0.15) is 11.7 Å². The zero-order valence-electron chi connectivity index (χ0n) is 13.1. The van der Waals surface area contributed by atoms with Crippen LogP contribution >= 0.6 is 0 Å². The molecule has 25 heavy (non-hydrogen) atoms. The minimum atomic E-state index is -1.08. The summed E-state index contributed by atoms with van der Waals surface area (Å²) in [6.07, 6.45) is 0. The molecule has 5 nitrogen and oxygen atoms in total. The number of nitrogens with zero attached hydrogens (tertiary/aromatic N) is 3. The number of halogens is 1. The SMILES string of the molecule is N#CC(C#N)[C@H](c1ccc(F)cc1)[C@H]1C(=O)NN=C1c1ccccc1. The minimum absolute atomic E-state index is 0.385. The number of carbonyl (C=O) groups is 1. The lowest BCUT2D eigenvalue weighted by Crippen LogP contribution is -2.33. The van der Waals surface area contributed by atoms with Crippen molar-refractivity contribution in [1.82, 2.24) is 5.43 Å². The van der Waals surface area contributed by atoms with E-state index in [0.717, 1.165) is 5.56 Å². The van der Waals surface area contributed by atoms with E-state index in [1.54, 1.807) is 0 Å². The van der Waals surface area contributed by atoms with Crippen LogP contribution in [0.2, 0.25) is 0 Å². The van der Waals surface area contributed by atoms with Crippen LogP contribution in [0.3, 0.4) is 0 Å². The number of hydrogen-bond acceptors (Lipinski definition) is 4. The normalized spacial score (nSPS) is 17.4. The summed E-state index contributed by atoms with van der Waals surface area (Å²) in [5.74, 6) is -3.45. The molecule has 0 fully saturated rings. The standard InChI is InChI=1S/C19H13FN4O/c20-15-8-6-12(7-9-15)16(14(10-21)11-22)17-18(23-24-19(17)25)13-4-2-1-3-5-13/h1-9,14,16-17H,(H,24,25)/t16-,17+/m0/s1. The molecule has 0 spiro atoms. The minimum Gasteiger partial charge on any atom is -0.272 e. The van der Waals surface area contributed by atoms with E-state index < -0.39 is 23.6 Å². The molecule has 0 unspecified atom stereocenters. The number of amides is 1. The van der Waals surface area contributed by atoms with Gasteiger partial charge in [-0.25, -0.2) is 9.82 Å². The maximum Gasteiger partial charge on any atom is 0.250 e. The Hall–Kier alpha value is -3.51. The lowest BCUT2D eigenvalue weighted by Gasteiger charge is -2.24. The van der Waals surface area contributed by atoms with Gasteiger partial charge in [-0.2, -0.15) is 15.6 Å². The lowest BCUT2D eigenvalue weighted by atomic mass is 9.74. The van der Waals surface area contributed by atoms with Crippen LogP contribution in [0.25, 0.3) is 0 Å². The van der Waals surface area contributed by atoms with E-state index in [1.165, 1.54) is 24.3 Å². The molecule has 0 radical (unpaired) electrons. The van der Waals surface area contributed by atoms with Crippen LogP contribution in [0.1, 0.15) is 17.0 Å². The summed E-state index contributed by atoms with van der Waals surface area (Å²) in [7, 11) is 0. The van der Waals surface area contributed by atoms with Gasteiger partial charge in [0.05, 0.1) is 23.8 Å². The van der Waals surface area contributed by atoms with Crippen LogP contribution in [0.4, 0.5) is 4.39 Å². The molecular weight excluding hydrogens is 319 g/mol. The first kappa shape index (κ1) is 16.4. The molecule has 1 amide bonds. The van der Waals surface area contributed by atoms with Crippen LogP contribution < -0.4 is 5.43 Å². The van der Waals surface area contributed by atoms with Crippen LogP contribution in [-0.4, -0.2) is 11.6 Å². The summed E-state index contributed by atoms with van der Waals surface area (Å²) in [5.41, 5.74) is 4.18. The largest absolute Gasteiger partial charge is 0.272 e. The molecule has 0 saturated heterocycles. The predicted octanol–water partition coefficient (Wildman–Crippen LogP) is 2.72. The molecule has 1 aliphatic rings. The van der Waals surface area contributed by atoms with Crippen molar-refractivity contribution < 1.29 is 9.18 Å². The van der Waals surface area contributed by atoms with Gasteiger partial charge in [0, 0.05) is 5.92 Å². The monoisotopic (exact) mass is 332 g/mol. The smallest absolute Gasteiger partial charge is 0.250 e. The van der Waals surface area contributed by atoms with Crippen LogP contribution in [-0.2, 0) is 4.79 Å². The van der Waals surface area contributed by atoms with Crippen molar-refractivity contribution in [1.29, 1.82) is 10.5 Å². The van der Waals surface area contributed by atoms with Gasteiger partial charge in [0.25, 0.3) is 0 Å². The van der Waals surface area contributed by atoms with E-state index in [0.29, 0.717) is 11.3 Å². The summed E-state index contributed by atoms with van der Waals surface area (Å²) >= 11 is 0. The van der Waals surface area contributed by atoms with Crippen molar-refractivity contribution in [2.45, 2.75) is 5.92 Å². The molecule has 0 bridgehead atoms. The predicted molar refractivity (Wildman–Crippen MR) is 88.5 cm³/mol. The number of nitriles is 2. The Labute approximate surface area is 144 Å². The second-order valence-corrected chi connectivity index (χ2v) is 5.63. The van der Waals surface area contributed by atoms with Gasteiger partial charge in [-0.1, -0.05) is 42.5 Å². The Balaban J connectivity index is 2.10. The van der Waals surface area contributed by atoms with E-state index >= 15 is 0 Å². The fourth-order valence-electron chi connectivity index (χ4n) is 3.02. The molecule has 122 valence electrons. The van der Waals surface area contributed by atoms with E-state index in [-0.39, 0.29) is 5.91 Å². The number of hydrogen-bond donors (Lipinski definition) is 1. The highest BCUT2D eigenvalue weighted by Crippen LogP contribution is 2.36. The third kappa shape index (κ3) is 3.11. The fraction of sp³-hybridized carbons (Fsp3) is 0.158. The molecule has 3 rings (SSSR count). The molecule has 0 aromatic heterocycles. The molecule has 1 heterocycles. The van der Waals surface area contributed by atoms with Gasteiger partial charge in [0.2, 0.25) is 5.91 Å². The van der Waals surface area contributed by atoms with Crippen LogP contribution in [0, 0.1) is 40.3 Å². The summed E-state index contributed by atoms with van der Waals surface area (Å²) in [5, 5.41) is 22.9. The molecule has 1 N–H and O–H groups in total. The van der Waals surface area contributed by atoms with Gasteiger partial charge >= 0.3 is 0 Å². The summed E-state index contributed by atoms with van der Waals surface area (Å²) < 4.78 is 13.3.